The number of carboxylic acid groups (broad SMARTS) is 1. The van der Waals surface area contributed by atoms with Crippen molar-refractivity contribution in [3.63, 3.8) is 0 Å². The van der Waals surface area contributed by atoms with Crippen LogP contribution in [0.1, 0.15) is 15.9 Å². The number of aryl methyl sites for hydroxylation is 1. The number of carboxylic acids is 1. The van der Waals surface area contributed by atoms with Crippen LogP contribution in [-0.2, 0) is 0 Å². The predicted molar refractivity (Wildman–Crippen MR) is 57.9 cm³/mol. The van der Waals surface area contributed by atoms with Crippen molar-refractivity contribution in [2.24, 2.45) is 0 Å². The lowest BCUT2D eigenvalue weighted by atomic mass is 10.1. The molecule has 0 unspecified atom stereocenters. The number of hydrogen-bond donors (Lipinski definition) is 3. The summed E-state index contributed by atoms with van der Waals surface area (Å²) in [6.07, 6.45) is 0. The van der Waals surface area contributed by atoms with E-state index in [-0.39, 0.29) is 0 Å². The number of aromatic hydroxyl groups is 1. The molecule has 0 bridgehead atoms. The Kier molecular flexibility index (Phi) is 2.16. The van der Waals surface area contributed by atoms with Crippen molar-refractivity contribution in [2.45, 2.75) is 6.92 Å². The summed E-state index contributed by atoms with van der Waals surface area (Å²) >= 11 is 0. The minimum Gasteiger partial charge on any atom is -0.506 e. The minimum absolute atomic E-state index is 0.331. The summed E-state index contributed by atoms with van der Waals surface area (Å²) in [6.45, 7) is 1.76. The number of benzene rings is 1. The lowest BCUT2D eigenvalue weighted by Gasteiger charge is -2.05. The van der Waals surface area contributed by atoms with Gasteiger partial charge in [-0.3, -0.25) is 4.79 Å². The molecule has 0 aliphatic carbocycles. The van der Waals surface area contributed by atoms with Gasteiger partial charge in [-0.25, -0.2) is 4.79 Å². The molecule has 2 aromatic rings. The molecule has 0 fully saturated rings. The van der Waals surface area contributed by atoms with E-state index in [0.717, 1.165) is 5.56 Å². The first kappa shape index (κ1) is 10.2. The summed E-state index contributed by atoms with van der Waals surface area (Å²) in [5.74, 6) is -1.93. The van der Waals surface area contributed by atoms with Crippen LogP contribution in [0.25, 0.3) is 10.9 Å². The number of carbonyl (C=O) groups is 1. The number of nitrogens with one attached hydrogen (secondary N) is 1. The average molecular weight is 219 g/mol. The molecular formula is C11H9NO4. The van der Waals surface area contributed by atoms with Crippen molar-refractivity contribution in [1.29, 1.82) is 0 Å². The van der Waals surface area contributed by atoms with Crippen molar-refractivity contribution in [3.8, 4) is 5.75 Å². The fraction of sp³-hybridized carbons (Fsp3) is 0.0909. The van der Waals surface area contributed by atoms with Crippen LogP contribution < -0.4 is 5.56 Å². The Hall–Kier alpha value is -2.30. The van der Waals surface area contributed by atoms with E-state index in [1.54, 1.807) is 25.1 Å². The van der Waals surface area contributed by atoms with Crippen LogP contribution in [0.3, 0.4) is 0 Å². The van der Waals surface area contributed by atoms with E-state index in [1.807, 2.05) is 0 Å². The highest BCUT2D eigenvalue weighted by Crippen LogP contribution is 2.26. The number of aromatic nitrogens is 1. The molecule has 5 heteroatoms. The predicted octanol–water partition coefficient (Wildman–Crippen LogP) is 1.24. The average Bonchev–Trinajstić information content (AvgIpc) is 2.19. The monoisotopic (exact) mass is 219 g/mol. The smallest absolute Gasteiger partial charge is 0.345 e. The molecule has 5 nitrogen and oxygen atoms in total. The number of H-pyrrole nitrogens is 1. The maximum atomic E-state index is 11.5. The van der Waals surface area contributed by atoms with Crippen LogP contribution in [-0.4, -0.2) is 21.2 Å². The van der Waals surface area contributed by atoms with Gasteiger partial charge in [-0.05, 0) is 18.6 Å². The summed E-state index contributed by atoms with van der Waals surface area (Å²) in [5, 5.41) is 18.9. The van der Waals surface area contributed by atoms with E-state index in [0.29, 0.717) is 10.9 Å². The van der Waals surface area contributed by atoms with Gasteiger partial charge in [0, 0.05) is 5.39 Å². The zero-order chi connectivity index (χ0) is 11.9. The molecule has 2 rings (SSSR count). The number of aromatic carboxylic acids is 1. The van der Waals surface area contributed by atoms with Crippen molar-refractivity contribution in [3.05, 3.63) is 39.7 Å². The van der Waals surface area contributed by atoms with E-state index >= 15 is 0 Å². The van der Waals surface area contributed by atoms with E-state index in [9.17, 15) is 14.7 Å². The number of hydrogen-bond acceptors (Lipinski definition) is 3. The lowest BCUT2D eigenvalue weighted by molar-refractivity contribution is 0.0692. The summed E-state index contributed by atoms with van der Waals surface area (Å²) < 4.78 is 0. The van der Waals surface area contributed by atoms with E-state index in [4.69, 9.17) is 5.11 Å². The molecule has 0 aliphatic heterocycles. The largest absolute Gasteiger partial charge is 0.506 e. The van der Waals surface area contributed by atoms with Crippen LogP contribution in [0, 0.1) is 6.92 Å². The molecule has 3 N–H and O–H groups in total. The van der Waals surface area contributed by atoms with Gasteiger partial charge in [0.2, 0.25) is 0 Å². The molecule has 0 saturated carbocycles. The normalized spacial score (nSPS) is 10.6. The highest BCUT2D eigenvalue weighted by Gasteiger charge is 2.18. The maximum Gasteiger partial charge on any atom is 0.345 e. The minimum atomic E-state index is -1.44. The first-order valence-corrected chi connectivity index (χ1v) is 4.60. The second-order valence-electron chi connectivity index (χ2n) is 3.48. The van der Waals surface area contributed by atoms with Gasteiger partial charge < -0.3 is 15.2 Å². The van der Waals surface area contributed by atoms with Crippen LogP contribution in [0.5, 0.6) is 5.75 Å². The molecular weight excluding hydrogens is 210 g/mol. The quantitative estimate of drug-likeness (QED) is 0.673. The number of fused-ring (bicyclic) bond motifs is 1. The van der Waals surface area contributed by atoms with Crippen molar-refractivity contribution in [1.82, 2.24) is 4.98 Å². The van der Waals surface area contributed by atoms with Gasteiger partial charge in [0.15, 0.2) is 5.56 Å². The van der Waals surface area contributed by atoms with Gasteiger partial charge in [0.25, 0.3) is 5.56 Å². The van der Waals surface area contributed by atoms with Crippen molar-refractivity contribution < 1.29 is 15.0 Å². The Balaban J connectivity index is 3.01. The molecule has 0 radical (unpaired) electrons. The number of para-hydroxylation sites is 1. The Morgan fingerprint density at radius 2 is 2.06 bits per heavy atom. The number of pyridine rings is 1. The van der Waals surface area contributed by atoms with Crippen LogP contribution >= 0.6 is 0 Å². The highest BCUT2D eigenvalue weighted by atomic mass is 16.4. The Bertz CT molecular complexity index is 642. The molecule has 0 aliphatic rings. The third-order valence-corrected chi connectivity index (χ3v) is 2.44. The molecule has 0 spiro atoms. The third kappa shape index (κ3) is 1.33. The van der Waals surface area contributed by atoms with Gasteiger partial charge in [-0.15, -0.1) is 0 Å². The Labute approximate surface area is 90.0 Å². The topological polar surface area (TPSA) is 90.4 Å². The van der Waals surface area contributed by atoms with Gasteiger partial charge in [-0.2, -0.15) is 0 Å². The molecule has 1 aromatic heterocycles. The fourth-order valence-corrected chi connectivity index (χ4v) is 1.65. The molecule has 82 valence electrons. The Morgan fingerprint density at radius 1 is 1.38 bits per heavy atom. The second kappa shape index (κ2) is 3.37. The van der Waals surface area contributed by atoms with E-state index in [1.165, 1.54) is 0 Å². The fourth-order valence-electron chi connectivity index (χ4n) is 1.65. The van der Waals surface area contributed by atoms with Crippen LogP contribution in [0.2, 0.25) is 0 Å². The molecule has 1 heterocycles. The van der Waals surface area contributed by atoms with Crippen molar-refractivity contribution in [2.75, 3.05) is 0 Å². The second-order valence-corrected chi connectivity index (χ2v) is 3.48. The zero-order valence-electron chi connectivity index (χ0n) is 8.44. The summed E-state index contributed by atoms with van der Waals surface area (Å²) in [5.41, 5.74) is -0.207. The van der Waals surface area contributed by atoms with Crippen LogP contribution in [0.15, 0.2) is 23.0 Å². The Morgan fingerprint density at radius 3 is 2.69 bits per heavy atom. The molecule has 0 atom stereocenters. The van der Waals surface area contributed by atoms with Gasteiger partial charge in [0.05, 0.1) is 5.52 Å². The molecule has 0 amide bonds. The van der Waals surface area contributed by atoms with E-state index < -0.39 is 22.8 Å². The van der Waals surface area contributed by atoms with Crippen molar-refractivity contribution >= 4 is 16.9 Å². The number of aromatic amines is 1. The maximum absolute atomic E-state index is 11.5. The summed E-state index contributed by atoms with van der Waals surface area (Å²) in [4.78, 5) is 24.7. The number of rotatable bonds is 1. The summed E-state index contributed by atoms with van der Waals surface area (Å²) in [7, 11) is 0. The van der Waals surface area contributed by atoms with Gasteiger partial charge in [-0.1, -0.05) is 12.1 Å². The molecule has 16 heavy (non-hydrogen) atoms. The zero-order valence-corrected chi connectivity index (χ0v) is 8.44. The van der Waals surface area contributed by atoms with Crippen LogP contribution in [0.4, 0.5) is 0 Å². The SMILES string of the molecule is Cc1cccc2c(O)c(C(=O)O)c(=O)[nH]c12. The van der Waals surface area contributed by atoms with E-state index in [2.05, 4.69) is 4.98 Å². The molecule has 0 saturated heterocycles. The van der Waals surface area contributed by atoms with Gasteiger partial charge >= 0.3 is 5.97 Å². The standard InChI is InChI=1S/C11H9NO4/c1-5-3-2-4-6-8(5)12-10(14)7(9(6)13)11(15)16/h2-4H,1H3,(H,15,16)(H2,12,13,14). The lowest BCUT2D eigenvalue weighted by Crippen LogP contribution is -2.17. The molecule has 1 aromatic carbocycles. The summed E-state index contributed by atoms with van der Waals surface area (Å²) in [6, 6.07) is 5.00. The highest BCUT2D eigenvalue weighted by molar-refractivity contribution is 5.98. The first-order chi connectivity index (χ1) is 7.52. The van der Waals surface area contributed by atoms with Gasteiger partial charge in [0.1, 0.15) is 5.75 Å². The first-order valence-electron chi connectivity index (χ1n) is 4.60. The third-order valence-electron chi connectivity index (χ3n) is 2.44.